The van der Waals surface area contributed by atoms with Gasteiger partial charge in [0.2, 0.25) is 5.89 Å². The normalized spacial score (nSPS) is 16.4. The summed E-state index contributed by atoms with van der Waals surface area (Å²) in [5.74, 6) is 1.63. The second-order valence-electron chi connectivity index (χ2n) is 7.06. The smallest absolute Gasteiger partial charge is 0.267 e. The summed E-state index contributed by atoms with van der Waals surface area (Å²) in [5, 5.41) is 8.32. The van der Waals surface area contributed by atoms with E-state index >= 15 is 0 Å². The number of carbonyl (C=O) groups is 1. The number of aromatic nitrogens is 4. The zero-order valence-electron chi connectivity index (χ0n) is 17.2. The second kappa shape index (κ2) is 8.48. The number of likely N-dealkylation sites (tertiary alicyclic amines) is 1. The number of piperidine rings is 1. The first-order valence-corrected chi connectivity index (χ1v) is 9.76. The monoisotopic (exact) mass is 409 g/mol. The van der Waals surface area contributed by atoms with Crippen molar-refractivity contribution in [2.24, 2.45) is 0 Å². The lowest BCUT2D eigenvalue weighted by molar-refractivity contribution is 0.0569. The average molecular weight is 409 g/mol. The third kappa shape index (κ3) is 3.83. The first kappa shape index (κ1) is 19.8. The Morgan fingerprint density at radius 3 is 2.73 bits per heavy atom. The summed E-state index contributed by atoms with van der Waals surface area (Å²) in [5.41, 5.74) is 1.77. The van der Waals surface area contributed by atoms with Gasteiger partial charge < -0.3 is 18.8 Å². The molecule has 1 fully saturated rings. The minimum Gasteiger partial charge on any atom is -0.497 e. The molecule has 1 amide bonds. The van der Waals surface area contributed by atoms with E-state index in [1.54, 1.807) is 42.6 Å². The van der Waals surface area contributed by atoms with Crippen LogP contribution in [0.4, 0.5) is 0 Å². The molecular weight excluding hydrogens is 386 g/mol. The Kier molecular flexibility index (Phi) is 5.60. The summed E-state index contributed by atoms with van der Waals surface area (Å²) in [6, 6.07) is 4.85. The minimum absolute atomic E-state index is 0.144. The Labute approximate surface area is 174 Å². The van der Waals surface area contributed by atoms with E-state index in [-0.39, 0.29) is 17.8 Å². The van der Waals surface area contributed by atoms with Gasteiger partial charge in [-0.05, 0) is 38.3 Å². The van der Waals surface area contributed by atoms with Crippen LogP contribution in [0.15, 0.2) is 35.0 Å². The average Bonchev–Trinajstić information content (AvgIpc) is 3.28. The molecule has 0 spiro atoms. The van der Waals surface area contributed by atoms with Gasteiger partial charge >= 0.3 is 0 Å². The second-order valence-corrected chi connectivity index (χ2v) is 7.06. The topological polar surface area (TPSA) is 103 Å². The molecule has 0 radical (unpaired) electrons. The maximum atomic E-state index is 13.4. The molecular formula is C21H23N5O4. The van der Waals surface area contributed by atoms with Crippen molar-refractivity contribution in [2.45, 2.75) is 32.2 Å². The summed E-state index contributed by atoms with van der Waals surface area (Å²) in [4.78, 5) is 23.6. The lowest BCUT2D eigenvalue weighted by Gasteiger charge is -2.33. The number of hydrogen-bond donors (Lipinski definition) is 0. The predicted molar refractivity (Wildman–Crippen MR) is 107 cm³/mol. The minimum atomic E-state index is -0.308. The van der Waals surface area contributed by atoms with E-state index in [0.717, 1.165) is 25.0 Å². The maximum Gasteiger partial charge on any atom is 0.267 e. The fraction of sp³-hybridized carbons (Fsp3) is 0.381. The fourth-order valence-electron chi connectivity index (χ4n) is 3.54. The number of amides is 1. The van der Waals surface area contributed by atoms with Crippen LogP contribution in [0.5, 0.6) is 11.5 Å². The van der Waals surface area contributed by atoms with Gasteiger partial charge in [0.05, 0.1) is 31.7 Å². The first-order valence-electron chi connectivity index (χ1n) is 9.76. The summed E-state index contributed by atoms with van der Waals surface area (Å²) in [6.07, 6.45) is 5.86. The third-order valence-corrected chi connectivity index (χ3v) is 5.13. The van der Waals surface area contributed by atoms with Crippen LogP contribution in [0.3, 0.4) is 0 Å². The quantitative estimate of drug-likeness (QED) is 0.633. The molecule has 1 aliphatic rings. The summed E-state index contributed by atoms with van der Waals surface area (Å²) >= 11 is 0. The molecule has 2 aromatic heterocycles. The van der Waals surface area contributed by atoms with Gasteiger partial charge in [0.1, 0.15) is 23.2 Å². The van der Waals surface area contributed by atoms with Gasteiger partial charge in [-0.25, -0.2) is 4.98 Å². The maximum absolute atomic E-state index is 13.4. The number of ether oxygens (including phenoxy) is 2. The highest BCUT2D eigenvalue weighted by Crippen LogP contribution is 2.34. The van der Waals surface area contributed by atoms with Crippen molar-refractivity contribution in [1.82, 2.24) is 25.1 Å². The van der Waals surface area contributed by atoms with Crippen molar-refractivity contribution in [3.8, 4) is 23.1 Å². The zero-order chi connectivity index (χ0) is 21.1. The SMILES string of the molecule is COc1ccc(C(=O)N2CCCC[C@@H]2c2nnc(-c3cnc(C)cn3)o2)c(OC)c1. The van der Waals surface area contributed by atoms with Crippen molar-refractivity contribution in [3.05, 3.63) is 47.7 Å². The van der Waals surface area contributed by atoms with Crippen LogP contribution >= 0.6 is 0 Å². The van der Waals surface area contributed by atoms with E-state index in [4.69, 9.17) is 13.9 Å². The van der Waals surface area contributed by atoms with E-state index in [1.165, 1.54) is 7.11 Å². The van der Waals surface area contributed by atoms with E-state index in [0.29, 0.717) is 35.2 Å². The zero-order valence-corrected chi connectivity index (χ0v) is 17.2. The van der Waals surface area contributed by atoms with Gasteiger partial charge in [-0.3, -0.25) is 9.78 Å². The number of rotatable bonds is 5. The van der Waals surface area contributed by atoms with Crippen molar-refractivity contribution in [2.75, 3.05) is 20.8 Å². The van der Waals surface area contributed by atoms with Crippen LogP contribution in [0.1, 0.15) is 47.2 Å². The molecule has 0 unspecified atom stereocenters. The molecule has 3 heterocycles. The van der Waals surface area contributed by atoms with Crippen LogP contribution in [0, 0.1) is 6.92 Å². The highest BCUT2D eigenvalue weighted by atomic mass is 16.5. The van der Waals surface area contributed by atoms with Crippen LogP contribution < -0.4 is 9.47 Å². The Bertz CT molecular complexity index is 1030. The predicted octanol–water partition coefficient (Wildman–Crippen LogP) is 3.22. The summed E-state index contributed by atoms with van der Waals surface area (Å²) in [7, 11) is 3.11. The number of methoxy groups -OCH3 is 2. The molecule has 9 heteroatoms. The van der Waals surface area contributed by atoms with Crippen molar-refractivity contribution in [1.29, 1.82) is 0 Å². The van der Waals surface area contributed by atoms with Crippen LogP contribution in [0.25, 0.3) is 11.6 Å². The Balaban J connectivity index is 1.62. The molecule has 0 aliphatic carbocycles. The number of benzene rings is 1. The van der Waals surface area contributed by atoms with E-state index in [2.05, 4.69) is 20.2 Å². The number of aryl methyl sites for hydroxylation is 1. The lowest BCUT2D eigenvalue weighted by atomic mass is 10.0. The Morgan fingerprint density at radius 1 is 1.13 bits per heavy atom. The molecule has 156 valence electrons. The molecule has 1 aliphatic heterocycles. The van der Waals surface area contributed by atoms with E-state index in [9.17, 15) is 4.79 Å². The first-order chi connectivity index (χ1) is 14.6. The van der Waals surface area contributed by atoms with Gasteiger partial charge in [-0.15, -0.1) is 10.2 Å². The fourth-order valence-corrected chi connectivity index (χ4v) is 3.54. The highest BCUT2D eigenvalue weighted by Gasteiger charge is 2.34. The number of hydrogen-bond acceptors (Lipinski definition) is 8. The number of carbonyl (C=O) groups excluding carboxylic acids is 1. The van der Waals surface area contributed by atoms with Crippen LogP contribution in [-0.4, -0.2) is 51.7 Å². The van der Waals surface area contributed by atoms with Crippen LogP contribution in [0.2, 0.25) is 0 Å². The molecule has 4 rings (SSSR count). The largest absolute Gasteiger partial charge is 0.497 e. The molecule has 1 saturated heterocycles. The summed E-state index contributed by atoms with van der Waals surface area (Å²) in [6.45, 7) is 2.45. The molecule has 0 N–H and O–H groups in total. The van der Waals surface area contributed by atoms with Crippen molar-refractivity contribution < 1.29 is 18.7 Å². The van der Waals surface area contributed by atoms with Gasteiger partial charge in [-0.2, -0.15) is 0 Å². The molecule has 0 saturated carbocycles. The number of nitrogens with zero attached hydrogens (tertiary/aromatic N) is 5. The third-order valence-electron chi connectivity index (χ3n) is 5.13. The molecule has 1 atom stereocenters. The molecule has 9 nitrogen and oxygen atoms in total. The molecule has 0 bridgehead atoms. The Hall–Kier alpha value is -3.49. The molecule has 3 aromatic rings. The van der Waals surface area contributed by atoms with Gasteiger partial charge in [0.15, 0.2) is 0 Å². The summed E-state index contributed by atoms with van der Waals surface area (Å²) < 4.78 is 16.5. The van der Waals surface area contributed by atoms with Crippen LogP contribution in [-0.2, 0) is 0 Å². The lowest BCUT2D eigenvalue weighted by Crippen LogP contribution is -2.38. The standard InChI is InChI=1S/C21H23N5O4/c1-13-11-23-16(12-22-13)19-24-25-20(30-19)17-6-4-5-9-26(17)21(27)15-8-7-14(28-2)10-18(15)29-3/h7-8,10-12,17H,4-6,9H2,1-3H3/t17-/m1/s1. The molecule has 30 heavy (non-hydrogen) atoms. The van der Waals surface area contributed by atoms with Crippen molar-refractivity contribution in [3.63, 3.8) is 0 Å². The van der Waals surface area contributed by atoms with E-state index in [1.807, 2.05) is 6.92 Å². The molecule has 1 aromatic carbocycles. The Morgan fingerprint density at radius 2 is 2.00 bits per heavy atom. The van der Waals surface area contributed by atoms with Gasteiger partial charge in [-0.1, -0.05) is 0 Å². The highest BCUT2D eigenvalue weighted by molar-refractivity contribution is 5.97. The van der Waals surface area contributed by atoms with Crippen molar-refractivity contribution >= 4 is 5.91 Å². The van der Waals surface area contributed by atoms with Gasteiger partial charge in [0, 0.05) is 18.8 Å². The van der Waals surface area contributed by atoms with E-state index < -0.39 is 0 Å². The van der Waals surface area contributed by atoms with Gasteiger partial charge in [0.25, 0.3) is 11.8 Å².